The standard InChI is InChI=1S/C20H18BrN3/c21-13-4-6-18-16(11-13)15-2-1-3-19(20(15)24-18)23-14-5-7-17-12(10-14)8-9-22-17/h4-11,19,22-24H,1-3H2. The molecule has 5 rings (SSSR count). The van der Waals surface area contributed by atoms with E-state index in [9.17, 15) is 0 Å². The number of fused-ring (bicyclic) bond motifs is 4. The maximum Gasteiger partial charge on any atom is 0.0666 e. The van der Waals surface area contributed by atoms with Crippen LogP contribution in [-0.2, 0) is 6.42 Å². The van der Waals surface area contributed by atoms with Gasteiger partial charge in [-0.25, -0.2) is 0 Å². The molecule has 0 saturated heterocycles. The van der Waals surface area contributed by atoms with Crippen LogP contribution in [0.25, 0.3) is 21.8 Å². The molecule has 2 aromatic carbocycles. The minimum atomic E-state index is 0.344. The van der Waals surface area contributed by atoms with Crippen LogP contribution >= 0.6 is 15.9 Å². The molecular weight excluding hydrogens is 362 g/mol. The lowest BCUT2D eigenvalue weighted by Gasteiger charge is -2.25. The highest BCUT2D eigenvalue weighted by molar-refractivity contribution is 9.10. The van der Waals surface area contributed by atoms with Crippen molar-refractivity contribution < 1.29 is 0 Å². The van der Waals surface area contributed by atoms with E-state index in [0.717, 1.165) is 17.3 Å². The predicted molar refractivity (Wildman–Crippen MR) is 104 cm³/mol. The zero-order valence-electron chi connectivity index (χ0n) is 13.2. The number of halogens is 1. The number of hydrogen-bond acceptors (Lipinski definition) is 1. The number of aromatic nitrogens is 2. The quantitative estimate of drug-likeness (QED) is 0.398. The molecule has 1 aliphatic carbocycles. The Bertz CT molecular complexity index is 1040. The molecule has 4 aromatic rings. The molecule has 3 N–H and O–H groups in total. The Morgan fingerprint density at radius 2 is 1.96 bits per heavy atom. The van der Waals surface area contributed by atoms with Crippen molar-refractivity contribution in [1.29, 1.82) is 0 Å². The third kappa shape index (κ3) is 2.25. The molecule has 24 heavy (non-hydrogen) atoms. The molecule has 1 atom stereocenters. The molecule has 0 spiro atoms. The second-order valence-electron chi connectivity index (χ2n) is 6.58. The average molecular weight is 380 g/mol. The topological polar surface area (TPSA) is 43.6 Å². The van der Waals surface area contributed by atoms with Gasteiger partial charge >= 0.3 is 0 Å². The summed E-state index contributed by atoms with van der Waals surface area (Å²) >= 11 is 3.60. The van der Waals surface area contributed by atoms with Gasteiger partial charge in [0.25, 0.3) is 0 Å². The fraction of sp³-hybridized carbons (Fsp3) is 0.200. The number of hydrogen-bond donors (Lipinski definition) is 3. The van der Waals surface area contributed by atoms with E-state index < -0.39 is 0 Å². The van der Waals surface area contributed by atoms with Gasteiger partial charge in [-0.15, -0.1) is 0 Å². The van der Waals surface area contributed by atoms with Gasteiger partial charge < -0.3 is 15.3 Å². The number of anilines is 1. The first-order valence-electron chi connectivity index (χ1n) is 8.41. The molecule has 0 amide bonds. The first-order chi connectivity index (χ1) is 11.8. The van der Waals surface area contributed by atoms with Crippen molar-refractivity contribution >= 4 is 43.4 Å². The van der Waals surface area contributed by atoms with Crippen LogP contribution in [0, 0.1) is 0 Å². The van der Waals surface area contributed by atoms with Gasteiger partial charge in [-0.1, -0.05) is 15.9 Å². The summed E-state index contributed by atoms with van der Waals surface area (Å²) in [5.74, 6) is 0. The second kappa shape index (κ2) is 5.42. The Balaban J connectivity index is 1.55. The number of H-pyrrole nitrogens is 2. The summed E-state index contributed by atoms with van der Waals surface area (Å²) in [5, 5.41) is 6.34. The Morgan fingerprint density at radius 3 is 2.92 bits per heavy atom. The van der Waals surface area contributed by atoms with E-state index >= 15 is 0 Å². The van der Waals surface area contributed by atoms with Gasteiger partial charge in [0.05, 0.1) is 6.04 Å². The molecular formula is C20H18BrN3. The van der Waals surface area contributed by atoms with Crippen LogP contribution in [-0.4, -0.2) is 9.97 Å². The van der Waals surface area contributed by atoms with Gasteiger partial charge in [-0.05, 0) is 67.3 Å². The summed E-state index contributed by atoms with van der Waals surface area (Å²) < 4.78 is 1.14. The molecule has 0 aliphatic heterocycles. The molecule has 2 aromatic heterocycles. The minimum absolute atomic E-state index is 0.344. The molecule has 3 nitrogen and oxygen atoms in total. The van der Waals surface area contributed by atoms with Crippen LogP contribution in [0.1, 0.15) is 30.1 Å². The summed E-state index contributed by atoms with van der Waals surface area (Å²) in [4.78, 5) is 6.91. The summed E-state index contributed by atoms with van der Waals surface area (Å²) in [7, 11) is 0. The maximum absolute atomic E-state index is 3.74. The van der Waals surface area contributed by atoms with Crippen LogP contribution in [0.4, 0.5) is 5.69 Å². The van der Waals surface area contributed by atoms with Crippen LogP contribution in [0.3, 0.4) is 0 Å². The van der Waals surface area contributed by atoms with Crippen molar-refractivity contribution in [3.63, 3.8) is 0 Å². The van der Waals surface area contributed by atoms with Crippen molar-refractivity contribution in [2.24, 2.45) is 0 Å². The van der Waals surface area contributed by atoms with Crippen LogP contribution in [0.2, 0.25) is 0 Å². The van der Waals surface area contributed by atoms with E-state index in [-0.39, 0.29) is 0 Å². The fourth-order valence-corrected chi connectivity index (χ4v) is 4.28. The highest BCUT2D eigenvalue weighted by Crippen LogP contribution is 2.37. The van der Waals surface area contributed by atoms with Gasteiger partial charge in [0.1, 0.15) is 0 Å². The Hall–Kier alpha value is -2.20. The van der Waals surface area contributed by atoms with Crippen molar-refractivity contribution in [2.45, 2.75) is 25.3 Å². The van der Waals surface area contributed by atoms with E-state index in [0.29, 0.717) is 6.04 Å². The molecule has 0 saturated carbocycles. The van der Waals surface area contributed by atoms with Gasteiger partial charge in [0.15, 0.2) is 0 Å². The van der Waals surface area contributed by atoms with Gasteiger partial charge in [-0.2, -0.15) is 0 Å². The normalized spacial score (nSPS) is 17.3. The third-order valence-electron chi connectivity index (χ3n) is 5.06. The SMILES string of the molecule is Brc1ccc2[nH]c3c(c2c1)CCCC3Nc1ccc2[nH]ccc2c1. The second-order valence-corrected chi connectivity index (χ2v) is 7.49. The molecule has 0 fully saturated rings. The number of aryl methyl sites for hydroxylation is 1. The molecule has 1 unspecified atom stereocenters. The number of rotatable bonds is 2. The van der Waals surface area contributed by atoms with Crippen molar-refractivity contribution in [3.05, 3.63) is 64.4 Å². The minimum Gasteiger partial charge on any atom is -0.377 e. The first-order valence-corrected chi connectivity index (χ1v) is 9.21. The first kappa shape index (κ1) is 14.2. The zero-order chi connectivity index (χ0) is 16.1. The summed E-state index contributed by atoms with van der Waals surface area (Å²) in [5.41, 5.74) is 6.42. The zero-order valence-corrected chi connectivity index (χ0v) is 14.8. The molecule has 2 heterocycles. The predicted octanol–water partition coefficient (Wildman–Crippen LogP) is 5.90. The summed E-state index contributed by atoms with van der Waals surface area (Å²) in [6.07, 6.45) is 5.52. The molecule has 4 heteroatoms. The van der Waals surface area contributed by atoms with Gasteiger partial charge in [0.2, 0.25) is 0 Å². The van der Waals surface area contributed by atoms with E-state index in [2.05, 4.69) is 73.7 Å². The van der Waals surface area contributed by atoms with Crippen LogP contribution in [0.5, 0.6) is 0 Å². The molecule has 120 valence electrons. The number of aromatic amines is 2. The van der Waals surface area contributed by atoms with Crippen molar-refractivity contribution in [1.82, 2.24) is 9.97 Å². The van der Waals surface area contributed by atoms with E-state index in [1.54, 1.807) is 0 Å². The van der Waals surface area contributed by atoms with E-state index in [1.165, 1.54) is 45.2 Å². The Kier molecular flexibility index (Phi) is 3.20. The van der Waals surface area contributed by atoms with E-state index in [1.807, 2.05) is 6.20 Å². The Labute approximate surface area is 148 Å². The van der Waals surface area contributed by atoms with Crippen molar-refractivity contribution in [2.75, 3.05) is 5.32 Å². The largest absolute Gasteiger partial charge is 0.377 e. The molecule has 1 aliphatic rings. The number of nitrogens with one attached hydrogen (secondary N) is 3. The summed E-state index contributed by atoms with van der Waals surface area (Å²) in [6, 6.07) is 15.5. The lowest BCUT2D eigenvalue weighted by Crippen LogP contribution is -2.17. The fourth-order valence-electron chi connectivity index (χ4n) is 3.92. The maximum atomic E-state index is 3.74. The van der Waals surface area contributed by atoms with E-state index in [4.69, 9.17) is 0 Å². The lowest BCUT2D eigenvalue weighted by atomic mass is 9.91. The van der Waals surface area contributed by atoms with Crippen LogP contribution in [0.15, 0.2) is 53.1 Å². The Morgan fingerprint density at radius 1 is 1.04 bits per heavy atom. The highest BCUT2D eigenvalue weighted by Gasteiger charge is 2.24. The van der Waals surface area contributed by atoms with Crippen molar-refractivity contribution in [3.8, 4) is 0 Å². The number of benzene rings is 2. The highest BCUT2D eigenvalue weighted by atomic mass is 79.9. The van der Waals surface area contributed by atoms with Gasteiger partial charge in [0, 0.05) is 43.9 Å². The van der Waals surface area contributed by atoms with Crippen LogP contribution < -0.4 is 5.32 Å². The third-order valence-corrected chi connectivity index (χ3v) is 5.56. The van der Waals surface area contributed by atoms with Gasteiger partial charge in [-0.3, -0.25) is 0 Å². The summed E-state index contributed by atoms with van der Waals surface area (Å²) in [6.45, 7) is 0. The molecule has 0 bridgehead atoms. The lowest BCUT2D eigenvalue weighted by molar-refractivity contribution is 0.593. The average Bonchev–Trinajstić information content (AvgIpc) is 3.19. The smallest absolute Gasteiger partial charge is 0.0666 e. The monoisotopic (exact) mass is 379 g/mol. The molecule has 0 radical (unpaired) electrons.